The number of carboxylic acid groups (broad SMARTS) is 1. The lowest BCUT2D eigenvalue weighted by atomic mass is 10.1. The summed E-state index contributed by atoms with van der Waals surface area (Å²) < 4.78 is 25.5. The van der Waals surface area contributed by atoms with E-state index in [-0.39, 0.29) is 31.0 Å². The zero-order valence-corrected chi connectivity index (χ0v) is 12.5. The van der Waals surface area contributed by atoms with Crippen LogP contribution in [0.25, 0.3) is 0 Å². The molecule has 0 saturated heterocycles. The highest BCUT2D eigenvalue weighted by atomic mass is 19.1. The van der Waals surface area contributed by atoms with Gasteiger partial charge in [-0.15, -0.1) is 0 Å². The number of carbonyl (C=O) groups excluding carboxylic acids is 2. The first-order valence-electron chi connectivity index (χ1n) is 7.12. The molecule has 0 saturated carbocycles. The molecule has 24 heavy (non-hydrogen) atoms. The van der Waals surface area contributed by atoms with Crippen molar-refractivity contribution in [2.45, 2.75) is 25.4 Å². The minimum Gasteiger partial charge on any atom is -0.480 e. The second-order valence-corrected chi connectivity index (χ2v) is 5.14. The lowest BCUT2D eigenvalue weighted by Crippen LogP contribution is -2.47. The number of rotatable bonds is 6. The van der Waals surface area contributed by atoms with Gasteiger partial charge in [0.1, 0.15) is 18.2 Å². The van der Waals surface area contributed by atoms with Gasteiger partial charge in [-0.1, -0.05) is 12.1 Å². The number of nitrogens with zero attached hydrogens (tertiary/aromatic N) is 2. The summed E-state index contributed by atoms with van der Waals surface area (Å²) in [5.41, 5.74) is 0.554. The number of benzene rings is 1. The average Bonchev–Trinajstić information content (AvgIpc) is 2.56. The summed E-state index contributed by atoms with van der Waals surface area (Å²) in [4.78, 5) is 34.6. The average molecular weight is 339 g/mol. The molecule has 9 heteroatoms. The maximum atomic E-state index is 12.9. The predicted octanol–water partition coefficient (Wildman–Crippen LogP) is 0.843. The Labute approximate surface area is 135 Å². The van der Waals surface area contributed by atoms with E-state index in [0.29, 0.717) is 5.56 Å². The van der Waals surface area contributed by atoms with E-state index >= 15 is 0 Å². The van der Waals surface area contributed by atoms with Crippen LogP contribution in [0.3, 0.4) is 0 Å². The van der Waals surface area contributed by atoms with Crippen LogP contribution in [0.2, 0.25) is 0 Å². The van der Waals surface area contributed by atoms with E-state index in [4.69, 9.17) is 5.11 Å². The number of alkyl halides is 1. The molecule has 7 nitrogen and oxygen atoms in total. The Morgan fingerprint density at radius 1 is 1.29 bits per heavy atom. The summed E-state index contributed by atoms with van der Waals surface area (Å²) in [6.45, 7) is -1.21. The van der Waals surface area contributed by atoms with E-state index in [1.807, 2.05) is 5.32 Å². The minimum absolute atomic E-state index is 0.0147. The highest BCUT2D eigenvalue weighted by molar-refractivity contribution is 6.39. The minimum atomic E-state index is -1.66. The number of hydrazone groups is 1. The molecule has 0 aromatic heterocycles. The molecule has 0 spiro atoms. The summed E-state index contributed by atoms with van der Waals surface area (Å²) in [6.07, 6.45) is 0.0457. The molecule has 1 aromatic rings. The predicted molar refractivity (Wildman–Crippen MR) is 79.2 cm³/mol. The molecule has 1 aliphatic rings. The van der Waals surface area contributed by atoms with Gasteiger partial charge in [0.15, 0.2) is 6.04 Å². The van der Waals surface area contributed by atoms with Gasteiger partial charge in [0, 0.05) is 12.8 Å². The van der Waals surface area contributed by atoms with E-state index in [1.165, 1.54) is 24.3 Å². The highest BCUT2D eigenvalue weighted by Crippen LogP contribution is 2.14. The molecule has 0 radical (unpaired) electrons. The van der Waals surface area contributed by atoms with Crippen molar-refractivity contribution in [3.63, 3.8) is 0 Å². The molecule has 1 aromatic carbocycles. The molecular weight excluding hydrogens is 324 g/mol. The summed E-state index contributed by atoms with van der Waals surface area (Å²) in [5, 5.41) is 15.7. The highest BCUT2D eigenvalue weighted by Gasteiger charge is 2.27. The van der Waals surface area contributed by atoms with Gasteiger partial charge in [0.05, 0.1) is 6.54 Å². The van der Waals surface area contributed by atoms with Crippen molar-refractivity contribution in [3.05, 3.63) is 35.6 Å². The summed E-state index contributed by atoms with van der Waals surface area (Å²) >= 11 is 0. The molecule has 2 N–H and O–H groups in total. The first-order chi connectivity index (χ1) is 11.4. The molecule has 128 valence electrons. The second kappa shape index (κ2) is 7.62. The van der Waals surface area contributed by atoms with E-state index < -0.39 is 30.4 Å². The van der Waals surface area contributed by atoms with Crippen molar-refractivity contribution in [1.29, 1.82) is 0 Å². The molecule has 0 aliphatic carbocycles. The van der Waals surface area contributed by atoms with Gasteiger partial charge in [-0.25, -0.2) is 18.6 Å². The molecule has 1 unspecified atom stereocenters. The SMILES string of the molecule is O=C(NC(CF)C(=O)O)C1=NN(Cc2ccc(F)cc2)C(=O)CC1. The van der Waals surface area contributed by atoms with Crippen molar-refractivity contribution in [2.75, 3.05) is 6.67 Å². The van der Waals surface area contributed by atoms with Gasteiger partial charge in [-0.05, 0) is 17.7 Å². The van der Waals surface area contributed by atoms with Gasteiger partial charge in [-0.3, -0.25) is 9.59 Å². The Morgan fingerprint density at radius 2 is 1.96 bits per heavy atom. The number of hydrogen-bond donors (Lipinski definition) is 2. The molecule has 1 atom stereocenters. The summed E-state index contributed by atoms with van der Waals surface area (Å²) in [6, 6.07) is 3.77. The van der Waals surface area contributed by atoms with E-state index in [2.05, 4.69) is 5.10 Å². The standard InChI is InChI=1S/C15H15F2N3O4/c16-7-12(15(23)24)18-14(22)11-5-6-13(21)20(19-11)8-9-1-3-10(17)4-2-9/h1-4,12H,5-8H2,(H,18,22)(H,23,24). The van der Waals surface area contributed by atoms with Gasteiger partial charge >= 0.3 is 5.97 Å². The van der Waals surface area contributed by atoms with Crippen LogP contribution in [0.1, 0.15) is 18.4 Å². The molecule has 1 aliphatic heterocycles. The Balaban J connectivity index is 2.10. The van der Waals surface area contributed by atoms with Crippen molar-refractivity contribution >= 4 is 23.5 Å². The lowest BCUT2D eigenvalue weighted by molar-refractivity contribution is -0.141. The summed E-state index contributed by atoms with van der Waals surface area (Å²) in [5.74, 6) is -3.08. The molecule has 2 rings (SSSR count). The van der Waals surface area contributed by atoms with Crippen molar-refractivity contribution in [2.24, 2.45) is 5.10 Å². The quantitative estimate of drug-likeness (QED) is 0.802. The number of hydrogen-bond acceptors (Lipinski definition) is 4. The maximum absolute atomic E-state index is 12.9. The Kier molecular flexibility index (Phi) is 5.56. The van der Waals surface area contributed by atoms with Crippen LogP contribution in [0, 0.1) is 5.82 Å². The molecule has 0 fully saturated rings. The van der Waals surface area contributed by atoms with Crippen LogP contribution in [-0.4, -0.2) is 46.3 Å². The number of carboxylic acids is 1. The van der Waals surface area contributed by atoms with Crippen LogP contribution in [0.4, 0.5) is 8.78 Å². The largest absolute Gasteiger partial charge is 0.480 e. The number of halogens is 2. The van der Waals surface area contributed by atoms with Gasteiger partial charge in [0.25, 0.3) is 5.91 Å². The summed E-state index contributed by atoms with van der Waals surface area (Å²) in [7, 11) is 0. The normalized spacial score (nSPS) is 15.7. The van der Waals surface area contributed by atoms with Crippen LogP contribution in [0.15, 0.2) is 29.4 Å². The number of nitrogens with one attached hydrogen (secondary N) is 1. The van der Waals surface area contributed by atoms with Crippen molar-refractivity contribution in [1.82, 2.24) is 10.3 Å². The van der Waals surface area contributed by atoms with E-state index in [0.717, 1.165) is 5.01 Å². The topological polar surface area (TPSA) is 99.1 Å². The second-order valence-electron chi connectivity index (χ2n) is 5.14. The third-order valence-electron chi connectivity index (χ3n) is 3.37. The fourth-order valence-corrected chi connectivity index (χ4v) is 2.06. The Hall–Kier alpha value is -2.84. The van der Waals surface area contributed by atoms with Gasteiger partial charge in [-0.2, -0.15) is 5.10 Å². The smallest absolute Gasteiger partial charge is 0.328 e. The molecule has 0 bridgehead atoms. The fraction of sp³-hybridized carbons (Fsp3) is 0.333. The monoisotopic (exact) mass is 339 g/mol. The van der Waals surface area contributed by atoms with Crippen LogP contribution in [0.5, 0.6) is 0 Å². The molecular formula is C15H15F2N3O4. The molecule has 1 heterocycles. The first-order valence-corrected chi connectivity index (χ1v) is 7.12. The number of amides is 2. The number of aliphatic carboxylic acids is 1. The van der Waals surface area contributed by atoms with Crippen LogP contribution >= 0.6 is 0 Å². The third-order valence-corrected chi connectivity index (χ3v) is 3.37. The Morgan fingerprint density at radius 3 is 2.54 bits per heavy atom. The molecule has 2 amide bonds. The van der Waals surface area contributed by atoms with Gasteiger partial charge in [0.2, 0.25) is 5.91 Å². The van der Waals surface area contributed by atoms with Crippen LogP contribution < -0.4 is 5.32 Å². The van der Waals surface area contributed by atoms with Crippen molar-refractivity contribution < 1.29 is 28.3 Å². The maximum Gasteiger partial charge on any atom is 0.328 e. The zero-order valence-electron chi connectivity index (χ0n) is 12.5. The fourth-order valence-electron chi connectivity index (χ4n) is 2.06. The zero-order chi connectivity index (χ0) is 17.7. The first kappa shape index (κ1) is 17.5. The third kappa shape index (κ3) is 4.34. The number of carbonyl (C=O) groups is 3. The Bertz CT molecular complexity index is 676. The van der Waals surface area contributed by atoms with Crippen molar-refractivity contribution in [3.8, 4) is 0 Å². The van der Waals surface area contributed by atoms with Gasteiger partial charge < -0.3 is 10.4 Å². The lowest BCUT2D eigenvalue weighted by Gasteiger charge is -2.23. The van der Waals surface area contributed by atoms with Crippen LogP contribution in [-0.2, 0) is 20.9 Å². The van der Waals surface area contributed by atoms with E-state index in [9.17, 15) is 23.2 Å². The van der Waals surface area contributed by atoms with E-state index in [1.54, 1.807) is 0 Å².